The molecule has 1 amide bonds. The third kappa shape index (κ3) is 2.12. The third-order valence-corrected chi connectivity index (χ3v) is 2.00. The van der Waals surface area contributed by atoms with Crippen LogP contribution in [0.15, 0.2) is 30.6 Å². The number of anilines is 1. The Morgan fingerprint density at radius 2 is 2.31 bits per heavy atom. The van der Waals surface area contributed by atoms with Crippen molar-refractivity contribution in [3.8, 4) is 6.07 Å². The topological polar surface area (TPSA) is 78.7 Å². The van der Waals surface area contributed by atoms with Gasteiger partial charge in [0.15, 0.2) is 0 Å². The highest BCUT2D eigenvalue weighted by Gasteiger charge is 2.02. The second kappa shape index (κ2) is 4.36. The molecule has 0 bridgehead atoms. The number of rotatable bonds is 2. The molecule has 0 fully saturated rings. The fourth-order valence-electron chi connectivity index (χ4n) is 1.29. The lowest BCUT2D eigenvalue weighted by Gasteiger charge is -2.02. The minimum Gasteiger partial charge on any atom is -0.310 e. The molecule has 78 valence electrons. The molecule has 5 heteroatoms. The molecule has 5 nitrogen and oxygen atoms in total. The van der Waals surface area contributed by atoms with Gasteiger partial charge in [-0.05, 0) is 18.2 Å². The molecule has 2 rings (SSSR count). The van der Waals surface area contributed by atoms with E-state index in [4.69, 9.17) is 5.26 Å². The van der Waals surface area contributed by atoms with Crippen molar-refractivity contribution >= 4 is 22.6 Å². The van der Waals surface area contributed by atoms with E-state index in [9.17, 15) is 4.79 Å². The standard InChI is InChI=1S/C11H8N4O/c12-5-3-11(16)15-10-2-1-8-7-13-6-4-9(8)14-10/h1-2,4,6-7H,3H2,(H,14,15,16). The zero-order valence-corrected chi connectivity index (χ0v) is 8.34. The lowest BCUT2D eigenvalue weighted by Crippen LogP contribution is -2.11. The molecular formula is C11H8N4O. The number of pyridine rings is 2. The molecule has 2 aromatic heterocycles. The first kappa shape index (κ1) is 10.1. The summed E-state index contributed by atoms with van der Waals surface area (Å²) in [5.41, 5.74) is 0.754. The molecule has 0 aliphatic rings. The first-order valence-corrected chi connectivity index (χ1v) is 4.67. The lowest BCUT2D eigenvalue weighted by molar-refractivity contribution is -0.115. The molecule has 0 spiro atoms. The molecule has 0 saturated heterocycles. The molecule has 0 saturated carbocycles. The third-order valence-electron chi connectivity index (χ3n) is 2.00. The molecule has 0 radical (unpaired) electrons. The van der Waals surface area contributed by atoms with Crippen LogP contribution in [-0.2, 0) is 4.79 Å². The molecular weight excluding hydrogens is 204 g/mol. The second-order valence-corrected chi connectivity index (χ2v) is 3.15. The van der Waals surface area contributed by atoms with Crippen LogP contribution in [-0.4, -0.2) is 15.9 Å². The number of amides is 1. The Labute approximate surface area is 91.8 Å². The van der Waals surface area contributed by atoms with Crippen LogP contribution < -0.4 is 5.32 Å². The fraction of sp³-hybridized carbons (Fsp3) is 0.0909. The van der Waals surface area contributed by atoms with E-state index in [-0.39, 0.29) is 12.3 Å². The Kier molecular flexibility index (Phi) is 2.74. The molecule has 0 aliphatic heterocycles. The molecule has 1 N–H and O–H groups in total. The number of carbonyl (C=O) groups excluding carboxylic acids is 1. The maximum absolute atomic E-state index is 11.2. The number of fused-ring (bicyclic) bond motifs is 1. The van der Waals surface area contributed by atoms with Gasteiger partial charge >= 0.3 is 0 Å². The van der Waals surface area contributed by atoms with Crippen molar-refractivity contribution in [1.29, 1.82) is 5.26 Å². The van der Waals surface area contributed by atoms with Crippen molar-refractivity contribution in [3.05, 3.63) is 30.6 Å². The number of hydrogen-bond acceptors (Lipinski definition) is 4. The summed E-state index contributed by atoms with van der Waals surface area (Å²) in [6.07, 6.45) is 3.16. The predicted octanol–water partition coefficient (Wildman–Crippen LogP) is 1.48. The van der Waals surface area contributed by atoms with Crippen molar-refractivity contribution in [3.63, 3.8) is 0 Å². The molecule has 0 aromatic carbocycles. The van der Waals surface area contributed by atoms with E-state index in [1.165, 1.54) is 0 Å². The normalized spacial score (nSPS) is 9.69. The minimum atomic E-state index is -0.358. The SMILES string of the molecule is N#CCC(=O)Nc1ccc2cnccc2n1. The Morgan fingerprint density at radius 3 is 3.12 bits per heavy atom. The van der Waals surface area contributed by atoms with Crippen LogP contribution in [0, 0.1) is 11.3 Å². The van der Waals surface area contributed by atoms with Crippen LogP contribution in [0.5, 0.6) is 0 Å². The van der Waals surface area contributed by atoms with Crippen LogP contribution in [0.25, 0.3) is 10.9 Å². The Balaban J connectivity index is 2.26. The number of hydrogen-bond donors (Lipinski definition) is 1. The van der Waals surface area contributed by atoms with Gasteiger partial charge in [-0.25, -0.2) is 4.98 Å². The maximum atomic E-state index is 11.2. The number of nitriles is 1. The van der Waals surface area contributed by atoms with Gasteiger partial charge in [0.05, 0.1) is 11.6 Å². The Morgan fingerprint density at radius 1 is 1.44 bits per heavy atom. The summed E-state index contributed by atoms with van der Waals surface area (Å²) >= 11 is 0. The average Bonchev–Trinajstić information content (AvgIpc) is 2.29. The van der Waals surface area contributed by atoms with Crippen molar-refractivity contribution in [1.82, 2.24) is 9.97 Å². The van der Waals surface area contributed by atoms with Crippen LogP contribution >= 0.6 is 0 Å². The highest BCUT2D eigenvalue weighted by atomic mass is 16.1. The summed E-state index contributed by atoms with van der Waals surface area (Å²) in [5, 5.41) is 11.8. The quantitative estimate of drug-likeness (QED) is 0.817. The van der Waals surface area contributed by atoms with E-state index in [0.717, 1.165) is 10.9 Å². The van der Waals surface area contributed by atoms with Crippen molar-refractivity contribution < 1.29 is 4.79 Å². The summed E-state index contributed by atoms with van der Waals surface area (Å²) in [6.45, 7) is 0. The van der Waals surface area contributed by atoms with Gasteiger partial charge in [-0.1, -0.05) is 0 Å². The van der Waals surface area contributed by atoms with E-state index < -0.39 is 0 Å². The fourth-order valence-corrected chi connectivity index (χ4v) is 1.29. The summed E-state index contributed by atoms with van der Waals surface area (Å²) in [5.74, 6) is 0.0855. The highest BCUT2D eigenvalue weighted by Crippen LogP contribution is 2.13. The van der Waals surface area contributed by atoms with Gasteiger partial charge in [-0.15, -0.1) is 0 Å². The van der Waals surface area contributed by atoms with E-state index in [1.54, 1.807) is 30.6 Å². The Hall–Kier alpha value is -2.48. The van der Waals surface area contributed by atoms with Crippen LogP contribution in [0.4, 0.5) is 5.82 Å². The van der Waals surface area contributed by atoms with Gasteiger partial charge in [-0.3, -0.25) is 9.78 Å². The van der Waals surface area contributed by atoms with Gasteiger partial charge in [0.25, 0.3) is 0 Å². The van der Waals surface area contributed by atoms with Crippen molar-refractivity contribution in [2.75, 3.05) is 5.32 Å². The second-order valence-electron chi connectivity index (χ2n) is 3.15. The number of nitrogens with zero attached hydrogens (tertiary/aromatic N) is 3. The van der Waals surface area contributed by atoms with E-state index in [1.807, 2.05) is 6.07 Å². The molecule has 2 heterocycles. The predicted molar refractivity (Wildman–Crippen MR) is 58.4 cm³/mol. The van der Waals surface area contributed by atoms with Crippen molar-refractivity contribution in [2.45, 2.75) is 6.42 Å². The van der Waals surface area contributed by atoms with E-state index >= 15 is 0 Å². The van der Waals surface area contributed by atoms with Crippen LogP contribution in [0.2, 0.25) is 0 Å². The summed E-state index contributed by atoms with van der Waals surface area (Å²) < 4.78 is 0. The average molecular weight is 212 g/mol. The van der Waals surface area contributed by atoms with Crippen molar-refractivity contribution in [2.24, 2.45) is 0 Å². The minimum absolute atomic E-state index is 0.171. The number of nitrogens with one attached hydrogen (secondary N) is 1. The summed E-state index contributed by atoms with van der Waals surface area (Å²) in [7, 11) is 0. The van der Waals surface area contributed by atoms with Gasteiger partial charge < -0.3 is 5.32 Å². The first-order valence-electron chi connectivity index (χ1n) is 4.67. The number of carbonyl (C=O) groups is 1. The van der Waals surface area contributed by atoms with Crippen LogP contribution in [0.3, 0.4) is 0 Å². The van der Waals surface area contributed by atoms with Gasteiger partial charge in [0, 0.05) is 17.8 Å². The zero-order chi connectivity index (χ0) is 11.4. The summed E-state index contributed by atoms with van der Waals surface area (Å²) in [6, 6.07) is 7.03. The van der Waals surface area contributed by atoms with Crippen LogP contribution in [0.1, 0.15) is 6.42 Å². The molecule has 0 aliphatic carbocycles. The molecule has 2 aromatic rings. The summed E-state index contributed by atoms with van der Waals surface area (Å²) in [4.78, 5) is 19.3. The molecule has 0 unspecified atom stereocenters. The Bertz CT molecular complexity index is 573. The van der Waals surface area contributed by atoms with Gasteiger partial charge in [0.1, 0.15) is 12.2 Å². The van der Waals surface area contributed by atoms with E-state index in [0.29, 0.717) is 5.82 Å². The first-order chi connectivity index (χ1) is 7.79. The zero-order valence-electron chi connectivity index (χ0n) is 8.34. The smallest absolute Gasteiger partial charge is 0.239 e. The number of aromatic nitrogens is 2. The van der Waals surface area contributed by atoms with E-state index in [2.05, 4.69) is 15.3 Å². The monoisotopic (exact) mass is 212 g/mol. The van der Waals surface area contributed by atoms with Gasteiger partial charge in [0.2, 0.25) is 5.91 Å². The molecule has 0 atom stereocenters. The largest absolute Gasteiger partial charge is 0.310 e. The lowest BCUT2D eigenvalue weighted by atomic mass is 10.3. The van der Waals surface area contributed by atoms with Gasteiger partial charge in [-0.2, -0.15) is 5.26 Å². The molecule has 16 heavy (non-hydrogen) atoms. The maximum Gasteiger partial charge on any atom is 0.239 e. The highest BCUT2D eigenvalue weighted by molar-refractivity contribution is 5.92.